The van der Waals surface area contributed by atoms with Crippen molar-refractivity contribution in [1.29, 1.82) is 0 Å². The van der Waals surface area contributed by atoms with Crippen molar-refractivity contribution >= 4 is 21.7 Å². The quantitative estimate of drug-likeness (QED) is 0.800. The third kappa shape index (κ3) is 1.97. The number of ketones is 1. The van der Waals surface area contributed by atoms with Crippen LogP contribution in [0, 0.1) is 0 Å². The molecule has 0 spiro atoms. The number of pyridine rings is 2. The van der Waals surface area contributed by atoms with Crippen LogP contribution >= 0.6 is 15.9 Å². The topological polar surface area (TPSA) is 42.9 Å². The summed E-state index contributed by atoms with van der Waals surface area (Å²) in [5, 5.41) is 0. The van der Waals surface area contributed by atoms with Gasteiger partial charge in [-0.05, 0) is 46.5 Å². The summed E-state index contributed by atoms with van der Waals surface area (Å²) >= 11 is 3.34. The lowest BCUT2D eigenvalue weighted by atomic mass is 9.96. The standard InChI is InChI=1S/C14H11BrN2O/c15-11-6-10(7-16-8-11)14(18)12-4-3-9-2-1-5-17-13(9)12/h1-2,5-8,12H,3-4H2. The molecule has 0 fully saturated rings. The van der Waals surface area contributed by atoms with Crippen molar-refractivity contribution in [2.45, 2.75) is 18.8 Å². The van der Waals surface area contributed by atoms with Crippen LogP contribution in [-0.2, 0) is 6.42 Å². The number of carbonyl (C=O) groups is 1. The molecule has 0 amide bonds. The lowest BCUT2D eigenvalue weighted by Crippen LogP contribution is -2.11. The van der Waals surface area contributed by atoms with E-state index in [9.17, 15) is 4.79 Å². The number of aromatic nitrogens is 2. The largest absolute Gasteiger partial charge is 0.293 e. The highest BCUT2D eigenvalue weighted by molar-refractivity contribution is 9.10. The van der Waals surface area contributed by atoms with Gasteiger partial charge in [-0.1, -0.05) is 6.07 Å². The lowest BCUT2D eigenvalue weighted by Gasteiger charge is -2.09. The number of Topliss-reactive ketones (excluding diaryl/α,β-unsaturated/α-hetero) is 1. The Balaban J connectivity index is 1.96. The SMILES string of the molecule is O=C(c1cncc(Br)c1)C1CCc2cccnc21. The number of halogens is 1. The molecule has 1 aliphatic carbocycles. The maximum absolute atomic E-state index is 12.5. The molecule has 0 aromatic carbocycles. The molecule has 0 N–H and O–H groups in total. The Morgan fingerprint density at radius 3 is 3.11 bits per heavy atom. The van der Waals surface area contributed by atoms with Crippen molar-refractivity contribution in [3.63, 3.8) is 0 Å². The highest BCUT2D eigenvalue weighted by Crippen LogP contribution is 2.33. The summed E-state index contributed by atoms with van der Waals surface area (Å²) in [5.41, 5.74) is 2.77. The van der Waals surface area contributed by atoms with Crippen LogP contribution < -0.4 is 0 Å². The van der Waals surface area contributed by atoms with Gasteiger partial charge in [-0.3, -0.25) is 14.8 Å². The Bertz CT molecular complexity index is 612. The number of hydrogen-bond acceptors (Lipinski definition) is 3. The van der Waals surface area contributed by atoms with E-state index in [4.69, 9.17) is 0 Å². The molecule has 2 aromatic heterocycles. The van der Waals surface area contributed by atoms with Crippen molar-refractivity contribution in [2.24, 2.45) is 0 Å². The van der Waals surface area contributed by atoms with E-state index in [2.05, 4.69) is 32.0 Å². The van der Waals surface area contributed by atoms with Crippen LogP contribution in [0.25, 0.3) is 0 Å². The first-order valence-corrected chi connectivity index (χ1v) is 6.63. The molecule has 1 unspecified atom stereocenters. The molecule has 0 saturated carbocycles. The van der Waals surface area contributed by atoms with E-state index < -0.39 is 0 Å². The van der Waals surface area contributed by atoms with Gasteiger partial charge in [0.15, 0.2) is 5.78 Å². The van der Waals surface area contributed by atoms with Crippen molar-refractivity contribution in [3.05, 3.63) is 58.1 Å². The number of hydrogen-bond donors (Lipinski definition) is 0. The van der Waals surface area contributed by atoms with Gasteiger partial charge in [0.1, 0.15) is 0 Å². The minimum absolute atomic E-state index is 0.112. The molecule has 3 nitrogen and oxygen atoms in total. The molecule has 1 aliphatic rings. The molecule has 0 radical (unpaired) electrons. The second kappa shape index (κ2) is 4.61. The smallest absolute Gasteiger partial charge is 0.173 e. The molecule has 18 heavy (non-hydrogen) atoms. The molecule has 0 bridgehead atoms. The average Bonchev–Trinajstić information content (AvgIpc) is 2.82. The van der Waals surface area contributed by atoms with Gasteiger partial charge in [0.2, 0.25) is 0 Å². The molecule has 1 atom stereocenters. The number of rotatable bonds is 2. The molecule has 2 aromatic rings. The van der Waals surface area contributed by atoms with E-state index in [1.165, 1.54) is 5.56 Å². The number of nitrogens with zero attached hydrogens (tertiary/aromatic N) is 2. The van der Waals surface area contributed by atoms with Crippen LogP contribution in [-0.4, -0.2) is 15.8 Å². The first-order valence-electron chi connectivity index (χ1n) is 5.84. The van der Waals surface area contributed by atoms with Crippen LogP contribution in [0.5, 0.6) is 0 Å². The monoisotopic (exact) mass is 302 g/mol. The summed E-state index contributed by atoms with van der Waals surface area (Å²) < 4.78 is 0.826. The fourth-order valence-electron chi connectivity index (χ4n) is 2.42. The molecule has 0 aliphatic heterocycles. The predicted octanol–water partition coefficient (Wildman–Crippen LogP) is 3.15. The van der Waals surface area contributed by atoms with E-state index in [-0.39, 0.29) is 11.7 Å². The average molecular weight is 303 g/mol. The molecular formula is C14H11BrN2O. The molecule has 4 heteroatoms. The van der Waals surface area contributed by atoms with Gasteiger partial charge in [-0.15, -0.1) is 0 Å². The summed E-state index contributed by atoms with van der Waals surface area (Å²) in [5.74, 6) is -0.00134. The summed E-state index contributed by atoms with van der Waals surface area (Å²) in [6.45, 7) is 0. The summed E-state index contributed by atoms with van der Waals surface area (Å²) in [6.07, 6.45) is 6.83. The normalized spacial score (nSPS) is 17.5. The van der Waals surface area contributed by atoms with Crippen LogP contribution in [0.15, 0.2) is 41.3 Å². The highest BCUT2D eigenvalue weighted by atomic mass is 79.9. The van der Waals surface area contributed by atoms with E-state index in [0.717, 1.165) is 23.0 Å². The Morgan fingerprint density at radius 1 is 1.39 bits per heavy atom. The second-order valence-corrected chi connectivity index (χ2v) is 5.31. The summed E-state index contributed by atoms with van der Waals surface area (Å²) in [4.78, 5) is 20.9. The maximum atomic E-state index is 12.5. The van der Waals surface area contributed by atoms with E-state index in [0.29, 0.717) is 5.56 Å². The zero-order chi connectivity index (χ0) is 12.5. The second-order valence-electron chi connectivity index (χ2n) is 4.40. The number of fused-ring (bicyclic) bond motifs is 1. The van der Waals surface area contributed by atoms with Gasteiger partial charge < -0.3 is 0 Å². The molecule has 0 saturated heterocycles. The van der Waals surface area contributed by atoms with E-state index >= 15 is 0 Å². The molecular weight excluding hydrogens is 292 g/mol. The third-order valence-corrected chi connectivity index (χ3v) is 3.70. The molecule has 90 valence electrons. The Kier molecular flexibility index (Phi) is 2.96. The van der Waals surface area contributed by atoms with Crippen molar-refractivity contribution in [1.82, 2.24) is 9.97 Å². The van der Waals surface area contributed by atoms with Gasteiger partial charge in [0, 0.05) is 28.6 Å². The highest BCUT2D eigenvalue weighted by Gasteiger charge is 2.30. The van der Waals surface area contributed by atoms with Gasteiger partial charge >= 0.3 is 0 Å². The van der Waals surface area contributed by atoms with E-state index in [1.54, 1.807) is 18.6 Å². The third-order valence-electron chi connectivity index (χ3n) is 3.26. The van der Waals surface area contributed by atoms with E-state index in [1.807, 2.05) is 12.1 Å². The number of aryl methyl sites for hydroxylation is 1. The Hall–Kier alpha value is -1.55. The molecule has 3 rings (SSSR count). The van der Waals surface area contributed by atoms with Crippen LogP contribution in [0.3, 0.4) is 0 Å². The van der Waals surface area contributed by atoms with Crippen LogP contribution in [0.4, 0.5) is 0 Å². The first-order chi connectivity index (χ1) is 8.75. The number of carbonyl (C=O) groups excluding carboxylic acids is 1. The summed E-state index contributed by atoms with van der Waals surface area (Å²) in [6, 6.07) is 5.79. The summed E-state index contributed by atoms with van der Waals surface area (Å²) in [7, 11) is 0. The van der Waals surface area contributed by atoms with Gasteiger partial charge in [-0.2, -0.15) is 0 Å². The Labute approximate surface area is 113 Å². The van der Waals surface area contributed by atoms with Gasteiger partial charge in [0.05, 0.1) is 11.6 Å². The maximum Gasteiger partial charge on any atom is 0.173 e. The molecule has 2 heterocycles. The zero-order valence-electron chi connectivity index (χ0n) is 9.64. The van der Waals surface area contributed by atoms with Crippen molar-refractivity contribution in [3.8, 4) is 0 Å². The van der Waals surface area contributed by atoms with Crippen molar-refractivity contribution in [2.75, 3.05) is 0 Å². The minimum atomic E-state index is -0.114. The minimum Gasteiger partial charge on any atom is -0.293 e. The fourth-order valence-corrected chi connectivity index (χ4v) is 2.78. The predicted molar refractivity (Wildman–Crippen MR) is 71.6 cm³/mol. The fraction of sp³-hybridized carbons (Fsp3) is 0.214. The lowest BCUT2D eigenvalue weighted by molar-refractivity contribution is 0.0957. The Morgan fingerprint density at radius 2 is 2.28 bits per heavy atom. The van der Waals surface area contributed by atoms with Crippen molar-refractivity contribution < 1.29 is 4.79 Å². The van der Waals surface area contributed by atoms with Crippen LogP contribution in [0.2, 0.25) is 0 Å². The van der Waals surface area contributed by atoms with Gasteiger partial charge in [-0.25, -0.2) is 0 Å². The van der Waals surface area contributed by atoms with Gasteiger partial charge in [0.25, 0.3) is 0 Å². The first kappa shape index (κ1) is 11.5. The van der Waals surface area contributed by atoms with Crippen LogP contribution in [0.1, 0.15) is 34.0 Å². The zero-order valence-corrected chi connectivity index (χ0v) is 11.2.